The van der Waals surface area contributed by atoms with E-state index in [1.54, 1.807) is 36.9 Å². The molecular weight excluding hydrogens is 340 g/mol. The number of hydrogen-bond acceptors (Lipinski definition) is 5. The molecule has 0 spiro atoms. The summed E-state index contributed by atoms with van der Waals surface area (Å²) in [5.74, 6) is -1.13. The molecule has 0 aliphatic carbocycles. The van der Waals surface area contributed by atoms with Gasteiger partial charge in [0.25, 0.3) is 0 Å². The molecule has 1 aromatic rings. The molecule has 1 atom stereocenters. The Labute approximate surface area is 152 Å². The fourth-order valence-electron chi connectivity index (χ4n) is 2.44. The van der Waals surface area contributed by atoms with Crippen molar-refractivity contribution >= 4 is 17.8 Å². The number of benzene rings is 1. The van der Waals surface area contributed by atoms with Gasteiger partial charge in [0, 0.05) is 19.3 Å². The second kappa shape index (κ2) is 11.9. The summed E-state index contributed by atoms with van der Waals surface area (Å²) in [5, 5.41) is 20.2. The number of ether oxygens (including phenoxy) is 1. The number of carboxylic acid groups (broad SMARTS) is 1. The largest absolute Gasteiger partial charge is 0.497 e. The standard InChI is InChI=1S/C18H26N2O6/c1-26-14-10-8-13(9-11-14)12-15(18(23)24)19-16(21)6-4-2-3-5-7-17(22)20-25/h8-11,15,25H,2-7,12H2,1H3,(H,19,21)(H,20,22)(H,23,24). The van der Waals surface area contributed by atoms with Gasteiger partial charge in [0.15, 0.2) is 0 Å². The zero-order chi connectivity index (χ0) is 19.4. The fraction of sp³-hybridized carbons (Fsp3) is 0.500. The maximum Gasteiger partial charge on any atom is 0.326 e. The number of aliphatic carboxylic acids is 1. The monoisotopic (exact) mass is 366 g/mol. The van der Waals surface area contributed by atoms with E-state index in [2.05, 4.69) is 5.32 Å². The van der Waals surface area contributed by atoms with E-state index in [9.17, 15) is 19.5 Å². The van der Waals surface area contributed by atoms with Gasteiger partial charge in [0.1, 0.15) is 11.8 Å². The van der Waals surface area contributed by atoms with Crippen LogP contribution in [0.25, 0.3) is 0 Å². The Hall–Kier alpha value is -2.61. The fourth-order valence-corrected chi connectivity index (χ4v) is 2.44. The van der Waals surface area contributed by atoms with Crippen molar-refractivity contribution in [2.45, 2.75) is 51.0 Å². The Balaban J connectivity index is 2.33. The number of carboxylic acids is 1. The summed E-state index contributed by atoms with van der Waals surface area (Å²) in [6.07, 6.45) is 3.42. The van der Waals surface area contributed by atoms with Crippen LogP contribution in [0.4, 0.5) is 0 Å². The molecule has 0 saturated carbocycles. The van der Waals surface area contributed by atoms with Gasteiger partial charge in [0.05, 0.1) is 7.11 Å². The Kier molecular flexibility index (Phi) is 9.78. The highest BCUT2D eigenvalue weighted by molar-refractivity contribution is 5.83. The van der Waals surface area contributed by atoms with Crippen LogP contribution in [-0.4, -0.2) is 41.2 Å². The number of hydrogen-bond donors (Lipinski definition) is 4. The van der Waals surface area contributed by atoms with Crippen LogP contribution in [0.15, 0.2) is 24.3 Å². The Bertz CT molecular complexity index is 588. The zero-order valence-corrected chi connectivity index (χ0v) is 14.9. The molecular formula is C18H26N2O6. The molecule has 0 bridgehead atoms. The Morgan fingerprint density at radius 3 is 2.08 bits per heavy atom. The Morgan fingerprint density at radius 1 is 1.00 bits per heavy atom. The zero-order valence-electron chi connectivity index (χ0n) is 14.9. The van der Waals surface area contributed by atoms with Gasteiger partial charge >= 0.3 is 5.97 Å². The molecule has 0 heterocycles. The summed E-state index contributed by atoms with van der Waals surface area (Å²) in [6.45, 7) is 0. The molecule has 0 aliphatic rings. The van der Waals surface area contributed by atoms with Crippen molar-refractivity contribution in [2.75, 3.05) is 7.11 Å². The lowest BCUT2D eigenvalue weighted by Crippen LogP contribution is -2.42. The number of hydroxylamine groups is 1. The van der Waals surface area contributed by atoms with Crippen LogP contribution in [-0.2, 0) is 20.8 Å². The lowest BCUT2D eigenvalue weighted by molar-refractivity contribution is -0.141. The number of amides is 2. The van der Waals surface area contributed by atoms with Crippen molar-refractivity contribution in [1.82, 2.24) is 10.8 Å². The van der Waals surface area contributed by atoms with E-state index in [4.69, 9.17) is 9.94 Å². The highest BCUT2D eigenvalue weighted by atomic mass is 16.5. The molecule has 8 heteroatoms. The molecule has 144 valence electrons. The SMILES string of the molecule is COc1ccc(CC(NC(=O)CCCCCCC(=O)NO)C(=O)O)cc1. The van der Waals surface area contributed by atoms with Crippen LogP contribution >= 0.6 is 0 Å². The number of methoxy groups -OCH3 is 1. The van der Waals surface area contributed by atoms with E-state index in [-0.39, 0.29) is 25.2 Å². The van der Waals surface area contributed by atoms with Crippen LogP contribution in [0.3, 0.4) is 0 Å². The second-order valence-corrected chi connectivity index (χ2v) is 5.96. The molecule has 8 nitrogen and oxygen atoms in total. The van der Waals surface area contributed by atoms with Crippen LogP contribution < -0.4 is 15.5 Å². The molecule has 0 aliphatic heterocycles. The van der Waals surface area contributed by atoms with Crippen LogP contribution in [0.2, 0.25) is 0 Å². The summed E-state index contributed by atoms with van der Waals surface area (Å²) in [6, 6.07) is 6.04. The average Bonchev–Trinajstić information content (AvgIpc) is 2.64. The third-order valence-electron chi connectivity index (χ3n) is 3.91. The summed E-state index contributed by atoms with van der Waals surface area (Å²) >= 11 is 0. The lowest BCUT2D eigenvalue weighted by Gasteiger charge is -2.15. The molecule has 26 heavy (non-hydrogen) atoms. The van der Waals surface area contributed by atoms with Crippen molar-refractivity contribution in [1.29, 1.82) is 0 Å². The molecule has 4 N–H and O–H groups in total. The van der Waals surface area contributed by atoms with Crippen LogP contribution in [0.1, 0.15) is 44.1 Å². The molecule has 0 saturated heterocycles. The molecule has 1 aromatic carbocycles. The smallest absolute Gasteiger partial charge is 0.326 e. The minimum Gasteiger partial charge on any atom is -0.497 e. The van der Waals surface area contributed by atoms with Gasteiger partial charge in [-0.3, -0.25) is 14.8 Å². The third-order valence-corrected chi connectivity index (χ3v) is 3.91. The van der Waals surface area contributed by atoms with Crippen molar-refractivity contribution in [3.63, 3.8) is 0 Å². The van der Waals surface area contributed by atoms with E-state index >= 15 is 0 Å². The van der Waals surface area contributed by atoms with Gasteiger partial charge < -0.3 is 15.2 Å². The minimum atomic E-state index is -1.08. The molecule has 0 radical (unpaired) electrons. The molecule has 1 rings (SSSR count). The van der Waals surface area contributed by atoms with Crippen LogP contribution in [0.5, 0.6) is 5.75 Å². The van der Waals surface area contributed by atoms with Crippen LogP contribution in [0, 0.1) is 0 Å². The van der Waals surface area contributed by atoms with E-state index < -0.39 is 17.9 Å². The van der Waals surface area contributed by atoms with Gasteiger partial charge in [-0.1, -0.05) is 25.0 Å². The molecule has 2 amide bonds. The molecule has 0 aromatic heterocycles. The topological polar surface area (TPSA) is 125 Å². The van der Waals surface area contributed by atoms with Gasteiger partial charge in [-0.2, -0.15) is 0 Å². The lowest BCUT2D eigenvalue weighted by atomic mass is 10.1. The summed E-state index contributed by atoms with van der Waals surface area (Å²) in [5.41, 5.74) is 2.36. The number of nitrogens with one attached hydrogen (secondary N) is 2. The van der Waals surface area contributed by atoms with E-state index in [0.29, 0.717) is 18.6 Å². The maximum atomic E-state index is 11.9. The van der Waals surface area contributed by atoms with E-state index in [0.717, 1.165) is 18.4 Å². The maximum absolute atomic E-state index is 11.9. The summed E-state index contributed by atoms with van der Waals surface area (Å²) in [7, 11) is 1.55. The number of carbonyl (C=O) groups excluding carboxylic acids is 2. The van der Waals surface area contributed by atoms with Gasteiger partial charge in [-0.25, -0.2) is 10.3 Å². The molecule has 1 unspecified atom stereocenters. The van der Waals surface area contributed by atoms with Crippen molar-refractivity contribution in [3.8, 4) is 5.75 Å². The van der Waals surface area contributed by atoms with Gasteiger partial charge in [0.2, 0.25) is 11.8 Å². The first-order valence-corrected chi connectivity index (χ1v) is 8.54. The predicted molar refractivity (Wildman–Crippen MR) is 93.9 cm³/mol. The highest BCUT2D eigenvalue weighted by Crippen LogP contribution is 2.13. The van der Waals surface area contributed by atoms with E-state index in [1.165, 1.54) is 0 Å². The first-order chi connectivity index (χ1) is 12.5. The van der Waals surface area contributed by atoms with Gasteiger partial charge in [-0.15, -0.1) is 0 Å². The molecule has 0 fully saturated rings. The first kappa shape index (κ1) is 21.4. The van der Waals surface area contributed by atoms with Crippen molar-refractivity contribution in [2.24, 2.45) is 0 Å². The van der Waals surface area contributed by atoms with E-state index in [1.807, 2.05) is 0 Å². The van der Waals surface area contributed by atoms with Crippen molar-refractivity contribution < 1.29 is 29.4 Å². The Morgan fingerprint density at radius 2 is 1.58 bits per heavy atom. The normalized spacial score (nSPS) is 11.5. The highest BCUT2D eigenvalue weighted by Gasteiger charge is 2.20. The average molecular weight is 366 g/mol. The summed E-state index contributed by atoms with van der Waals surface area (Å²) in [4.78, 5) is 34.2. The number of unbranched alkanes of at least 4 members (excludes halogenated alkanes) is 3. The second-order valence-electron chi connectivity index (χ2n) is 5.96. The van der Waals surface area contributed by atoms with Gasteiger partial charge in [-0.05, 0) is 30.5 Å². The number of rotatable bonds is 12. The summed E-state index contributed by atoms with van der Waals surface area (Å²) < 4.78 is 5.06. The first-order valence-electron chi connectivity index (χ1n) is 8.54. The third kappa shape index (κ3) is 8.48. The predicted octanol–water partition coefficient (Wildman–Crippen LogP) is 1.65. The quantitative estimate of drug-likeness (QED) is 0.253. The van der Waals surface area contributed by atoms with Crippen molar-refractivity contribution in [3.05, 3.63) is 29.8 Å². The number of carbonyl (C=O) groups is 3. The minimum absolute atomic E-state index is 0.196.